The second kappa shape index (κ2) is 4.70. The molecule has 92 valence electrons. The molecule has 0 aliphatic carbocycles. The summed E-state index contributed by atoms with van der Waals surface area (Å²) in [5, 5.41) is 11.4. The van der Waals surface area contributed by atoms with E-state index in [2.05, 4.69) is 9.73 Å². The summed E-state index contributed by atoms with van der Waals surface area (Å²) < 4.78 is 17.6. The van der Waals surface area contributed by atoms with Crippen LogP contribution in [0, 0.1) is 5.82 Å². The second-order valence-corrected chi connectivity index (χ2v) is 3.46. The summed E-state index contributed by atoms with van der Waals surface area (Å²) in [5.74, 6) is -1.89. The van der Waals surface area contributed by atoms with E-state index < -0.39 is 23.1 Å². The topological polar surface area (TPSA) is 79.5 Å². The molecule has 6 heteroatoms. The molecule has 2 aromatic rings. The van der Waals surface area contributed by atoms with Crippen molar-refractivity contribution < 1.29 is 18.7 Å². The number of aromatic hydroxyl groups is 1. The maximum atomic E-state index is 13.0. The Hall–Kier alpha value is -2.63. The number of anilines is 1. The van der Waals surface area contributed by atoms with Crippen LogP contribution in [0.4, 0.5) is 10.1 Å². The minimum Gasteiger partial charge on any atom is -0.505 e. The van der Waals surface area contributed by atoms with Crippen molar-refractivity contribution in [1.82, 2.24) is 0 Å². The van der Waals surface area contributed by atoms with Crippen LogP contribution >= 0.6 is 0 Å². The molecule has 0 bridgehead atoms. The molecule has 0 saturated carbocycles. The fourth-order valence-electron chi connectivity index (χ4n) is 1.28. The predicted octanol–water partition coefficient (Wildman–Crippen LogP) is 1.74. The molecule has 1 heterocycles. The minimum atomic E-state index is -0.840. The summed E-state index contributed by atoms with van der Waals surface area (Å²) in [7, 11) is 0. The number of rotatable bonds is 2. The maximum absolute atomic E-state index is 13.0. The Balaban J connectivity index is 2.18. The van der Waals surface area contributed by atoms with Gasteiger partial charge in [0.1, 0.15) is 6.26 Å². The van der Waals surface area contributed by atoms with E-state index in [1.165, 1.54) is 12.1 Å². The van der Waals surface area contributed by atoms with Gasteiger partial charge < -0.3 is 14.8 Å². The molecular weight excluding hydrogens is 241 g/mol. The number of hydrogen-bond donors (Lipinski definition) is 2. The lowest BCUT2D eigenvalue weighted by molar-refractivity contribution is 0.102. The highest BCUT2D eigenvalue weighted by Gasteiger charge is 2.08. The Morgan fingerprint density at radius 2 is 2.06 bits per heavy atom. The molecule has 5 nitrogen and oxygen atoms in total. The number of carbonyl (C=O) groups is 1. The van der Waals surface area contributed by atoms with Gasteiger partial charge in [-0.3, -0.25) is 4.79 Å². The fraction of sp³-hybridized carbons (Fsp3) is 0. The van der Waals surface area contributed by atoms with E-state index in [4.69, 9.17) is 5.11 Å². The smallest absolute Gasteiger partial charge is 0.335 e. The average molecular weight is 249 g/mol. The van der Waals surface area contributed by atoms with Crippen LogP contribution in [0.2, 0.25) is 0 Å². The summed E-state index contributed by atoms with van der Waals surface area (Å²) >= 11 is 0. The van der Waals surface area contributed by atoms with Crippen molar-refractivity contribution in [2.45, 2.75) is 0 Å². The molecule has 0 saturated heterocycles. The van der Waals surface area contributed by atoms with Gasteiger partial charge in [-0.05, 0) is 18.2 Å². The van der Waals surface area contributed by atoms with Crippen molar-refractivity contribution >= 4 is 11.6 Å². The highest BCUT2D eigenvalue weighted by atomic mass is 19.1. The van der Waals surface area contributed by atoms with Gasteiger partial charge in [0.05, 0.1) is 5.56 Å². The van der Waals surface area contributed by atoms with Crippen LogP contribution in [-0.2, 0) is 0 Å². The van der Waals surface area contributed by atoms with Gasteiger partial charge in [0.15, 0.2) is 11.6 Å². The van der Waals surface area contributed by atoms with Crippen molar-refractivity contribution in [3.05, 3.63) is 58.4 Å². The highest BCUT2D eigenvalue weighted by Crippen LogP contribution is 2.19. The first-order valence-corrected chi connectivity index (χ1v) is 4.95. The molecule has 0 spiro atoms. The van der Waals surface area contributed by atoms with Crippen LogP contribution in [0.5, 0.6) is 5.75 Å². The van der Waals surface area contributed by atoms with E-state index in [1.807, 2.05) is 0 Å². The normalized spacial score (nSPS) is 10.1. The van der Waals surface area contributed by atoms with Gasteiger partial charge in [-0.15, -0.1) is 0 Å². The Labute approximate surface area is 100 Å². The van der Waals surface area contributed by atoms with Crippen molar-refractivity contribution in [3.63, 3.8) is 0 Å². The van der Waals surface area contributed by atoms with Gasteiger partial charge >= 0.3 is 5.63 Å². The summed E-state index contributed by atoms with van der Waals surface area (Å²) in [6.07, 6.45) is 1.01. The van der Waals surface area contributed by atoms with Crippen LogP contribution < -0.4 is 10.9 Å². The molecule has 18 heavy (non-hydrogen) atoms. The third-order valence-corrected chi connectivity index (χ3v) is 2.17. The number of carbonyl (C=O) groups excluding carboxylic acids is 1. The van der Waals surface area contributed by atoms with Crippen LogP contribution in [0.3, 0.4) is 0 Å². The third-order valence-electron chi connectivity index (χ3n) is 2.17. The summed E-state index contributed by atoms with van der Waals surface area (Å²) in [6, 6.07) is 5.84. The van der Waals surface area contributed by atoms with E-state index in [-0.39, 0.29) is 11.3 Å². The number of hydrogen-bond acceptors (Lipinski definition) is 4. The lowest BCUT2D eigenvalue weighted by atomic mass is 10.2. The van der Waals surface area contributed by atoms with Crippen LogP contribution in [0.15, 0.2) is 45.8 Å². The molecule has 0 fully saturated rings. The van der Waals surface area contributed by atoms with Crippen molar-refractivity contribution in [2.24, 2.45) is 0 Å². The van der Waals surface area contributed by atoms with Gasteiger partial charge in [0, 0.05) is 17.8 Å². The van der Waals surface area contributed by atoms with Gasteiger partial charge in [-0.25, -0.2) is 9.18 Å². The zero-order chi connectivity index (χ0) is 13.1. The van der Waals surface area contributed by atoms with Crippen molar-refractivity contribution in [3.8, 4) is 5.75 Å². The Morgan fingerprint density at radius 1 is 1.28 bits per heavy atom. The molecule has 0 aliphatic heterocycles. The van der Waals surface area contributed by atoms with E-state index in [0.717, 1.165) is 24.5 Å². The standard InChI is InChI=1S/C12H8FNO4/c13-9-5-8(2-3-10(9)15)14-12(17)7-1-4-11(16)18-6-7/h1-6,15H,(H,14,17). The summed E-state index contributed by atoms with van der Waals surface area (Å²) in [5.41, 5.74) is -0.258. The van der Waals surface area contributed by atoms with E-state index in [0.29, 0.717) is 0 Å². The minimum absolute atomic E-state index is 0.128. The van der Waals surface area contributed by atoms with Crippen molar-refractivity contribution in [1.29, 1.82) is 0 Å². The second-order valence-electron chi connectivity index (χ2n) is 3.46. The molecule has 1 aromatic heterocycles. The number of halogens is 1. The zero-order valence-corrected chi connectivity index (χ0v) is 9.01. The molecule has 2 rings (SSSR count). The first kappa shape index (κ1) is 11.8. The zero-order valence-electron chi connectivity index (χ0n) is 9.01. The third kappa shape index (κ3) is 2.54. The van der Waals surface area contributed by atoms with Gasteiger partial charge in [-0.1, -0.05) is 0 Å². The molecule has 1 amide bonds. The molecule has 2 N–H and O–H groups in total. The average Bonchev–Trinajstić information content (AvgIpc) is 2.34. The first-order valence-electron chi connectivity index (χ1n) is 4.95. The number of phenols is 1. The van der Waals surface area contributed by atoms with Gasteiger partial charge in [-0.2, -0.15) is 0 Å². The molecule has 0 radical (unpaired) electrons. The van der Waals surface area contributed by atoms with Gasteiger partial charge in [0.2, 0.25) is 0 Å². The summed E-state index contributed by atoms with van der Waals surface area (Å²) in [6.45, 7) is 0. The van der Waals surface area contributed by atoms with Crippen LogP contribution in [0.25, 0.3) is 0 Å². The van der Waals surface area contributed by atoms with E-state index in [9.17, 15) is 14.0 Å². The van der Waals surface area contributed by atoms with Crippen LogP contribution in [-0.4, -0.2) is 11.0 Å². The predicted molar refractivity (Wildman–Crippen MR) is 61.0 cm³/mol. The van der Waals surface area contributed by atoms with Gasteiger partial charge in [0.25, 0.3) is 5.91 Å². The van der Waals surface area contributed by atoms with Crippen LogP contribution in [0.1, 0.15) is 10.4 Å². The lowest BCUT2D eigenvalue weighted by Gasteiger charge is -2.05. The quantitative estimate of drug-likeness (QED) is 0.794. The molecule has 0 aliphatic rings. The number of nitrogens with one attached hydrogen (secondary N) is 1. The summed E-state index contributed by atoms with van der Waals surface area (Å²) in [4.78, 5) is 22.4. The molecular formula is C12H8FNO4. The number of phenolic OH excluding ortho intramolecular Hbond substituents is 1. The monoisotopic (exact) mass is 249 g/mol. The molecule has 0 unspecified atom stereocenters. The SMILES string of the molecule is O=C(Nc1ccc(O)c(F)c1)c1ccc(=O)oc1. The Bertz CT molecular complexity index is 630. The molecule has 1 aromatic carbocycles. The van der Waals surface area contributed by atoms with Crippen molar-refractivity contribution in [2.75, 3.05) is 5.32 Å². The molecule has 0 atom stereocenters. The largest absolute Gasteiger partial charge is 0.505 e. The van der Waals surface area contributed by atoms with E-state index in [1.54, 1.807) is 0 Å². The Kier molecular flexibility index (Phi) is 3.09. The number of benzene rings is 1. The lowest BCUT2D eigenvalue weighted by Crippen LogP contribution is -2.13. The first-order chi connectivity index (χ1) is 8.56. The number of amides is 1. The fourth-order valence-corrected chi connectivity index (χ4v) is 1.28. The maximum Gasteiger partial charge on any atom is 0.335 e. The van der Waals surface area contributed by atoms with E-state index >= 15 is 0 Å². The Morgan fingerprint density at radius 3 is 2.67 bits per heavy atom. The highest BCUT2D eigenvalue weighted by molar-refractivity contribution is 6.03.